The second-order valence-electron chi connectivity index (χ2n) is 2.84. The quantitative estimate of drug-likeness (QED) is 0.616. The number of nitrogens with zero attached hydrogens (tertiary/aromatic N) is 1. The Morgan fingerprint density at radius 1 is 1.21 bits per heavy atom. The third-order valence-corrected chi connectivity index (χ3v) is 3.13. The largest absolute Gasteiger partial charge is 0.478 e. The summed E-state index contributed by atoms with van der Waals surface area (Å²) in [6.07, 6.45) is 1.84. The Morgan fingerprint density at radius 2 is 1.79 bits per heavy atom. The van der Waals surface area contributed by atoms with E-state index in [9.17, 15) is 13.8 Å². The van der Waals surface area contributed by atoms with E-state index < -0.39 is 16.8 Å². The second kappa shape index (κ2) is 4.90. The third-order valence-electron chi connectivity index (χ3n) is 1.86. The molecule has 1 N–H and O–H groups in total. The van der Waals surface area contributed by atoms with E-state index >= 15 is 0 Å². The molecule has 0 bridgehead atoms. The summed E-state index contributed by atoms with van der Waals surface area (Å²) >= 11 is 0. The summed E-state index contributed by atoms with van der Waals surface area (Å²) < 4.78 is 11.0. The van der Waals surface area contributed by atoms with Gasteiger partial charge in [0.05, 0.1) is 0 Å². The van der Waals surface area contributed by atoms with E-state index in [4.69, 9.17) is 5.11 Å². The van der Waals surface area contributed by atoms with Gasteiger partial charge in [-0.1, -0.05) is 0 Å². The molecule has 1 fully saturated rings. The number of rotatable bonds is 2. The molecule has 1 heterocycles. The molecule has 0 unspecified atom stereocenters. The highest BCUT2D eigenvalue weighted by molar-refractivity contribution is 7.85. The summed E-state index contributed by atoms with van der Waals surface area (Å²) in [7, 11) is -0.824. The van der Waals surface area contributed by atoms with E-state index in [0.29, 0.717) is 24.6 Å². The lowest BCUT2D eigenvalue weighted by Crippen LogP contribution is -2.41. The number of hydrogen-bond donors (Lipinski definition) is 1. The summed E-state index contributed by atoms with van der Waals surface area (Å²) in [5.41, 5.74) is 0. The Bertz CT molecular complexity index is 290. The van der Waals surface area contributed by atoms with Gasteiger partial charge in [-0.2, -0.15) is 0 Å². The van der Waals surface area contributed by atoms with Crippen LogP contribution in [0.15, 0.2) is 12.2 Å². The molecule has 0 aromatic rings. The minimum Gasteiger partial charge on any atom is -0.478 e. The Morgan fingerprint density at radius 3 is 2.29 bits per heavy atom. The Labute approximate surface area is 83.8 Å². The maximum absolute atomic E-state index is 11.3. The lowest BCUT2D eigenvalue weighted by Gasteiger charge is -2.24. The number of carboxylic acids is 1. The number of amides is 1. The normalized spacial score (nSPS) is 18.7. The van der Waals surface area contributed by atoms with E-state index in [1.807, 2.05) is 0 Å². The number of aliphatic carboxylic acids is 1. The maximum atomic E-state index is 11.3. The molecule has 0 radical (unpaired) electrons. The predicted octanol–water partition coefficient (Wildman–Crippen LogP) is -0.782. The first-order valence-electron chi connectivity index (χ1n) is 4.14. The summed E-state index contributed by atoms with van der Waals surface area (Å²) in [4.78, 5) is 22.9. The van der Waals surface area contributed by atoms with Crippen molar-refractivity contribution >= 4 is 22.7 Å². The highest BCUT2D eigenvalue weighted by atomic mass is 32.2. The van der Waals surface area contributed by atoms with E-state index in [2.05, 4.69) is 0 Å². The molecule has 6 heteroatoms. The topological polar surface area (TPSA) is 74.7 Å². The molecule has 1 saturated heterocycles. The molecule has 0 aromatic carbocycles. The predicted molar refractivity (Wildman–Crippen MR) is 51.2 cm³/mol. The number of carboxylic acid groups (broad SMARTS) is 1. The first kappa shape index (κ1) is 10.9. The molecule has 0 saturated carbocycles. The van der Waals surface area contributed by atoms with Crippen LogP contribution in [0, 0.1) is 0 Å². The van der Waals surface area contributed by atoms with Gasteiger partial charge in [0.1, 0.15) is 0 Å². The summed E-state index contributed by atoms with van der Waals surface area (Å²) in [6, 6.07) is 0. The molecule has 0 spiro atoms. The molecule has 1 aliphatic heterocycles. The first-order valence-corrected chi connectivity index (χ1v) is 5.63. The highest BCUT2D eigenvalue weighted by Gasteiger charge is 2.17. The zero-order valence-electron chi connectivity index (χ0n) is 7.51. The first-order chi connectivity index (χ1) is 6.59. The molecule has 1 rings (SSSR count). The standard InChI is InChI=1S/C8H11NO4S/c10-7(1-2-8(11)12)9-3-5-14(13)6-4-9/h1-2H,3-6H2,(H,11,12)/b2-1+. The van der Waals surface area contributed by atoms with Gasteiger partial charge < -0.3 is 10.0 Å². The van der Waals surface area contributed by atoms with Crippen LogP contribution in [0.1, 0.15) is 0 Å². The Balaban J connectivity index is 2.46. The molecule has 14 heavy (non-hydrogen) atoms. The van der Waals surface area contributed by atoms with Gasteiger partial charge in [-0.25, -0.2) is 4.79 Å². The van der Waals surface area contributed by atoms with Crippen LogP contribution >= 0.6 is 0 Å². The van der Waals surface area contributed by atoms with Crippen molar-refractivity contribution in [3.05, 3.63) is 12.2 Å². The van der Waals surface area contributed by atoms with Crippen LogP contribution in [0.5, 0.6) is 0 Å². The summed E-state index contributed by atoms with van der Waals surface area (Å²) in [5.74, 6) is -0.512. The zero-order chi connectivity index (χ0) is 10.6. The fourth-order valence-electron chi connectivity index (χ4n) is 1.11. The van der Waals surface area contributed by atoms with E-state index in [-0.39, 0.29) is 5.91 Å². The third kappa shape index (κ3) is 3.29. The van der Waals surface area contributed by atoms with Crippen molar-refractivity contribution in [2.45, 2.75) is 0 Å². The van der Waals surface area contributed by atoms with Crippen LogP contribution in [0.25, 0.3) is 0 Å². The van der Waals surface area contributed by atoms with Crippen LogP contribution in [-0.4, -0.2) is 50.7 Å². The van der Waals surface area contributed by atoms with Gasteiger partial charge in [0.25, 0.3) is 0 Å². The van der Waals surface area contributed by atoms with Crippen LogP contribution in [0.4, 0.5) is 0 Å². The lowest BCUT2D eigenvalue weighted by atomic mass is 10.4. The number of carbonyl (C=O) groups is 2. The molecule has 1 aliphatic rings. The fraction of sp³-hybridized carbons (Fsp3) is 0.500. The molecular formula is C8H11NO4S. The van der Waals surface area contributed by atoms with Crippen molar-refractivity contribution in [2.24, 2.45) is 0 Å². The van der Waals surface area contributed by atoms with Gasteiger partial charge in [0.15, 0.2) is 0 Å². The van der Waals surface area contributed by atoms with Gasteiger partial charge in [-0.3, -0.25) is 9.00 Å². The second-order valence-corrected chi connectivity index (χ2v) is 4.54. The Kier molecular flexibility index (Phi) is 3.82. The van der Waals surface area contributed by atoms with Crippen molar-refractivity contribution in [3.8, 4) is 0 Å². The maximum Gasteiger partial charge on any atom is 0.328 e. The minimum absolute atomic E-state index is 0.330. The number of carbonyl (C=O) groups excluding carboxylic acids is 1. The van der Waals surface area contributed by atoms with E-state index in [0.717, 1.165) is 12.2 Å². The zero-order valence-corrected chi connectivity index (χ0v) is 8.33. The number of hydrogen-bond acceptors (Lipinski definition) is 3. The van der Waals surface area contributed by atoms with Gasteiger partial charge in [-0.05, 0) is 0 Å². The van der Waals surface area contributed by atoms with Gasteiger partial charge in [-0.15, -0.1) is 0 Å². The van der Waals surface area contributed by atoms with Crippen LogP contribution < -0.4 is 0 Å². The average molecular weight is 217 g/mol. The van der Waals surface area contributed by atoms with E-state index in [1.54, 1.807) is 0 Å². The van der Waals surface area contributed by atoms with Crippen molar-refractivity contribution in [2.75, 3.05) is 24.6 Å². The van der Waals surface area contributed by atoms with Crippen LogP contribution in [0.2, 0.25) is 0 Å². The smallest absolute Gasteiger partial charge is 0.328 e. The van der Waals surface area contributed by atoms with Gasteiger partial charge in [0.2, 0.25) is 5.91 Å². The van der Waals surface area contributed by atoms with Gasteiger partial charge >= 0.3 is 5.97 Å². The fourth-order valence-corrected chi connectivity index (χ4v) is 2.16. The minimum atomic E-state index is -1.14. The Hall–Kier alpha value is -1.17. The molecule has 0 aliphatic carbocycles. The SMILES string of the molecule is O=C(O)/C=C/C(=O)N1CCS(=O)CC1. The molecule has 78 valence electrons. The lowest BCUT2D eigenvalue weighted by molar-refractivity contribution is -0.132. The van der Waals surface area contributed by atoms with Gasteiger partial charge in [0, 0.05) is 47.5 Å². The molecule has 0 aromatic heterocycles. The summed E-state index contributed by atoms with van der Waals surface area (Å²) in [6.45, 7) is 0.880. The van der Waals surface area contributed by atoms with Crippen LogP contribution in [-0.2, 0) is 20.4 Å². The van der Waals surface area contributed by atoms with Crippen molar-refractivity contribution in [3.63, 3.8) is 0 Å². The van der Waals surface area contributed by atoms with E-state index in [1.165, 1.54) is 4.90 Å². The molecule has 5 nitrogen and oxygen atoms in total. The van der Waals surface area contributed by atoms with Crippen molar-refractivity contribution in [1.29, 1.82) is 0 Å². The monoisotopic (exact) mass is 217 g/mol. The van der Waals surface area contributed by atoms with Crippen LogP contribution in [0.3, 0.4) is 0 Å². The van der Waals surface area contributed by atoms with Crippen molar-refractivity contribution in [1.82, 2.24) is 4.90 Å². The van der Waals surface area contributed by atoms with Crippen molar-refractivity contribution < 1.29 is 18.9 Å². The molecular weight excluding hydrogens is 206 g/mol. The molecule has 0 atom stereocenters. The molecule has 1 amide bonds. The summed E-state index contributed by atoms with van der Waals surface area (Å²) in [5, 5.41) is 8.30. The highest BCUT2D eigenvalue weighted by Crippen LogP contribution is 2.00. The average Bonchev–Trinajstić information content (AvgIpc) is 2.15.